The Morgan fingerprint density at radius 3 is 2.42 bits per heavy atom. The summed E-state index contributed by atoms with van der Waals surface area (Å²) in [4.78, 5) is 3.65. The van der Waals surface area contributed by atoms with Crippen LogP contribution in [0, 0.1) is 13.8 Å². The van der Waals surface area contributed by atoms with Crippen LogP contribution >= 0.6 is 0 Å². The maximum atomic E-state index is 13.2. The van der Waals surface area contributed by atoms with Crippen molar-refractivity contribution in [3.8, 4) is 0 Å². The molecule has 142 valence electrons. The molecular weight excluding hydrogens is 382 g/mol. The maximum absolute atomic E-state index is 13.2. The maximum Gasteiger partial charge on any atom is 0.362 e. The molecule has 0 aliphatic carbocycles. The van der Waals surface area contributed by atoms with Crippen LogP contribution in [0.2, 0.25) is 0 Å². The molecule has 0 saturated carbocycles. The van der Waals surface area contributed by atoms with Crippen molar-refractivity contribution >= 4 is 22.8 Å². The number of nitrogens with zero attached hydrogens (tertiary/aromatic N) is 2. The lowest BCUT2D eigenvalue weighted by Crippen LogP contribution is -2.33. The molecule has 3 rings (SSSR count). The van der Waals surface area contributed by atoms with E-state index in [0.717, 1.165) is 0 Å². The Morgan fingerprint density at radius 2 is 1.85 bits per heavy atom. The minimum atomic E-state index is -4.37. The van der Waals surface area contributed by atoms with E-state index in [1.54, 1.807) is 13.0 Å². The summed E-state index contributed by atoms with van der Waals surface area (Å²) in [7, 11) is -2.35. The number of fused-ring (bicyclic) bond motifs is 1. The summed E-state index contributed by atoms with van der Waals surface area (Å²) in [5.41, 5.74) is 1.68. The van der Waals surface area contributed by atoms with E-state index >= 15 is 0 Å². The first-order valence-corrected chi connectivity index (χ1v) is 8.99. The van der Waals surface area contributed by atoms with Crippen LogP contribution in [0.4, 0.5) is 26.3 Å². The lowest BCUT2D eigenvalue weighted by atomic mass is 10.0. The van der Waals surface area contributed by atoms with Gasteiger partial charge >= 0.3 is 24.6 Å². The molecule has 10 heteroatoms. The summed E-state index contributed by atoms with van der Waals surface area (Å²) in [5.74, 6) is -6.24. The van der Waals surface area contributed by atoms with Crippen molar-refractivity contribution in [1.29, 1.82) is 0 Å². The van der Waals surface area contributed by atoms with E-state index in [-0.39, 0.29) is 16.8 Å². The predicted octanol–water partition coefficient (Wildman–Crippen LogP) is 3.50. The van der Waals surface area contributed by atoms with Gasteiger partial charge in [0.1, 0.15) is 0 Å². The summed E-state index contributed by atoms with van der Waals surface area (Å²) < 4.78 is 90.7. The molecule has 1 fully saturated rings. The monoisotopic (exact) mass is 397 g/mol. The van der Waals surface area contributed by atoms with Crippen LogP contribution in [0.5, 0.6) is 0 Å². The number of alkyl halides is 6. The second-order valence-corrected chi connectivity index (χ2v) is 7.73. The molecule has 0 amide bonds. The molecule has 3 nitrogen and oxygen atoms in total. The van der Waals surface area contributed by atoms with Crippen molar-refractivity contribution in [2.75, 3.05) is 5.75 Å². The third-order valence-corrected chi connectivity index (χ3v) is 6.02. The molecule has 1 aromatic carbocycles. The summed E-state index contributed by atoms with van der Waals surface area (Å²) in [5, 5.41) is 0. The highest BCUT2D eigenvalue weighted by molar-refractivity contribution is 7.85. The van der Waals surface area contributed by atoms with E-state index in [4.69, 9.17) is 0 Å². The third-order valence-electron chi connectivity index (χ3n) is 4.44. The largest absolute Gasteiger partial charge is 0.362 e. The Labute approximate surface area is 147 Å². The third kappa shape index (κ3) is 3.19. The lowest BCUT2D eigenvalue weighted by Gasteiger charge is -2.16. The molecule has 3 unspecified atom stereocenters. The fourth-order valence-corrected chi connectivity index (χ4v) is 4.46. The van der Waals surface area contributed by atoms with E-state index < -0.39 is 41.4 Å². The molecule has 26 heavy (non-hydrogen) atoms. The predicted molar refractivity (Wildman–Crippen MR) is 84.4 cm³/mol. The normalized spacial score (nSPS) is 23.2. The van der Waals surface area contributed by atoms with Crippen LogP contribution in [0.25, 0.3) is 0 Å². The topological polar surface area (TPSA) is 32.4 Å². The van der Waals surface area contributed by atoms with Gasteiger partial charge in [0, 0.05) is 10.5 Å². The van der Waals surface area contributed by atoms with Gasteiger partial charge in [0.05, 0.1) is 16.6 Å². The van der Waals surface area contributed by atoms with Gasteiger partial charge in [-0.2, -0.15) is 17.6 Å². The van der Waals surface area contributed by atoms with Crippen molar-refractivity contribution in [2.24, 2.45) is 4.99 Å². The fraction of sp³-hybridized carbons (Fsp3) is 0.500. The van der Waals surface area contributed by atoms with E-state index in [0.29, 0.717) is 16.7 Å². The van der Waals surface area contributed by atoms with Crippen LogP contribution in [-0.2, 0) is 10.8 Å². The molecule has 0 bridgehead atoms. The van der Waals surface area contributed by atoms with E-state index in [1.807, 2.05) is 0 Å². The number of aryl methyl sites for hydroxylation is 2. The zero-order chi connectivity index (χ0) is 19.4. The number of benzene rings is 1. The Morgan fingerprint density at radius 1 is 1.19 bits per heavy atom. The molecule has 0 radical (unpaired) electrons. The van der Waals surface area contributed by atoms with Crippen LogP contribution in [0.15, 0.2) is 22.0 Å². The van der Waals surface area contributed by atoms with Crippen molar-refractivity contribution in [3.05, 3.63) is 28.8 Å². The quantitative estimate of drug-likeness (QED) is 0.411. The molecule has 0 spiro atoms. The van der Waals surface area contributed by atoms with Crippen molar-refractivity contribution in [2.45, 2.75) is 49.6 Å². The van der Waals surface area contributed by atoms with Gasteiger partial charge < -0.3 is 0 Å². The van der Waals surface area contributed by atoms with Gasteiger partial charge in [0.2, 0.25) is 0 Å². The Bertz CT molecular complexity index is 836. The van der Waals surface area contributed by atoms with E-state index in [1.165, 1.54) is 23.8 Å². The second kappa shape index (κ2) is 6.47. The van der Waals surface area contributed by atoms with Crippen molar-refractivity contribution < 1.29 is 35.1 Å². The van der Waals surface area contributed by atoms with Gasteiger partial charge in [0.25, 0.3) is 0 Å². The Hall–Kier alpha value is -1.71. The Balaban J connectivity index is 1.93. The molecule has 0 N–H and O–H groups in total. The van der Waals surface area contributed by atoms with Gasteiger partial charge in [0.15, 0.2) is 18.3 Å². The smallest absolute Gasteiger partial charge is 0.254 e. The fourth-order valence-electron chi connectivity index (χ4n) is 3.15. The average Bonchev–Trinajstić information content (AvgIpc) is 3.03. The summed E-state index contributed by atoms with van der Waals surface area (Å²) in [6, 6.07) is 2.19. The van der Waals surface area contributed by atoms with Crippen LogP contribution in [-0.4, -0.2) is 51.4 Å². The summed E-state index contributed by atoms with van der Waals surface area (Å²) in [6.07, 6.45) is -5.28. The lowest BCUT2D eigenvalue weighted by molar-refractivity contribution is -0.376. The van der Waals surface area contributed by atoms with Gasteiger partial charge in [-0.25, -0.2) is 13.4 Å². The van der Waals surface area contributed by atoms with Crippen LogP contribution < -0.4 is 0 Å². The zero-order valence-electron chi connectivity index (χ0n) is 13.7. The van der Waals surface area contributed by atoms with Crippen molar-refractivity contribution in [1.82, 2.24) is 0 Å². The van der Waals surface area contributed by atoms with Gasteiger partial charge in [-0.1, -0.05) is 6.07 Å². The molecule has 1 aromatic rings. The first-order chi connectivity index (χ1) is 12.0. The van der Waals surface area contributed by atoms with E-state index in [9.17, 15) is 30.6 Å². The highest BCUT2D eigenvalue weighted by atomic mass is 32.2. The van der Waals surface area contributed by atoms with Crippen LogP contribution in [0.1, 0.15) is 22.7 Å². The standard InChI is InChI=1S/C16H15F6N2OS/c1-7-3-8(2)11(26(25)6-16(21,22)15(19)20)4-9(7)12-10-5-23-14(13(17)18)24(10)12/h3-5,10,12-13,15H,6H2,1-2H3/q+1. The minimum Gasteiger partial charge on any atom is -0.254 e. The van der Waals surface area contributed by atoms with Gasteiger partial charge in [-0.15, -0.1) is 0 Å². The molecule has 0 aromatic heterocycles. The van der Waals surface area contributed by atoms with Gasteiger partial charge in [-0.3, -0.25) is 4.21 Å². The average molecular weight is 397 g/mol. The molecule has 2 aliphatic rings. The van der Waals surface area contributed by atoms with E-state index in [2.05, 4.69) is 4.99 Å². The minimum absolute atomic E-state index is 0.00707. The number of hydrogen-bond acceptors (Lipinski definition) is 2. The SMILES string of the molecule is Cc1cc(C)c(S(=O)CC(F)(F)C(F)F)cc1C1C2C=NC(C(F)F)=[N+]21. The molecule has 2 heterocycles. The Kier molecular flexibility index (Phi) is 4.74. The zero-order valence-corrected chi connectivity index (χ0v) is 14.5. The molecule has 2 aliphatic heterocycles. The summed E-state index contributed by atoms with van der Waals surface area (Å²) in [6.45, 7) is 3.26. The summed E-state index contributed by atoms with van der Waals surface area (Å²) >= 11 is 0. The molecule has 3 atom stereocenters. The number of aliphatic imine (C=N–C) groups is 1. The highest BCUT2D eigenvalue weighted by Crippen LogP contribution is 2.43. The molecule has 1 saturated heterocycles. The van der Waals surface area contributed by atoms with Crippen LogP contribution in [0.3, 0.4) is 0 Å². The van der Waals surface area contributed by atoms with Gasteiger partial charge in [-0.05, 0) is 36.0 Å². The first kappa shape index (κ1) is 19.1. The first-order valence-electron chi connectivity index (χ1n) is 7.67. The molecular formula is C16H15F6N2OS+. The highest BCUT2D eigenvalue weighted by Gasteiger charge is 2.59. The number of halogens is 6. The van der Waals surface area contributed by atoms with Crippen molar-refractivity contribution in [3.63, 3.8) is 0 Å². The number of hydrogen-bond donors (Lipinski definition) is 0. The second-order valence-electron chi connectivity index (χ2n) is 6.31. The number of rotatable bonds is 6. The number of amidine groups is 1.